The van der Waals surface area contributed by atoms with Crippen LogP contribution in [0.2, 0.25) is 0 Å². The van der Waals surface area contributed by atoms with Gasteiger partial charge in [-0.3, -0.25) is 4.79 Å². The number of hydrogen-bond acceptors (Lipinski definition) is 3. The minimum Gasteiger partial charge on any atom is -0.480 e. The second-order valence-corrected chi connectivity index (χ2v) is 5.02. The van der Waals surface area contributed by atoms with Gasteiger partial charge in [0.15, 0.2) is 0 Å². The zero-order chi connectivity index (χ0) is 12.7. The highest BCUT2D eigenvalue weighted by Crippen LogP contribution is 2.05. The van der Waals surface area contributed by atoms with Gasteiger partial charge in [-0.15, -0.1) is 0 Å². The van der Waals surface area contributed by atoms with Crippen LogP contribution in [-0.2, 0) is 11.3 Å². The number of carboxylic acid groups (broad SMARTS) is 1. The topological polar surface area (TPSA) is 49.3 Å². The highest BCUT2D eigenvalue weighted by atomic mass is 32.2. The standard InChI is InChI=1S/C13H19NO2S/c1-10-3-5-11(6-4-10)9-14-12(13(15)16)7-8-17-2/h3-6,12,14H,7-9H2,1-2H3,(H,15,16)/t12-/m0/s1. The molecular weight excluding hydrogens is 234 g/mol. The summed E-state index contributed by atoms with van der Waals surface area (Å²) in [6.07, 6.45) is 2.64. The first-order valence-electron chi connectivity index (χ1n) is 5.64. The van der Waals surface area contributed by atoms with Crippen LogP contribution in [0, 0.1) is 6.92 Å². The maximum Gasteiger partial charge on any atom is 0.320 e. The molecule has 1 atom stereocenters. The molecule has 0 aliphatic carbocycles. The van der Waals surface area contributed by atoms with Crippen molar-refractivity contribution in [1.82, 2.24) is 5.32 Å². The lowest BCUT2D eigenvalue weighted by atomic mass is 10.1. The van der Waals surface area contributed by atoms with Crippen LogP contribution in [0.5, 0.6) is 0 Å². The van der Waals surface area contributed by atoms with Crippen molar-refractivity contribution < 1.29 is 9.90 Å². The normalized spacial score (nSPS) is 12.4. The van der Waals surface area contributed by atoms with Crippen molar-refractivity contribution in [2.75, 3.05) is 12.0 Å². The number of thioether (sulfide) groups is 1. The Balaban J connectivity index is 2.45. The quantitative estimate of drug-likeness (QED) is 0.783. The third-order valence-electron chi connectivity index (χ3n) is 2.58. The molecule has 0 aliphatic rings. The van der Waals surface area contributed by atoms with E-state index >= 15 is 0 Å². The largest absolute Gasteiger partial charge is 0.480 e. The van der Waals surface area contributed by atoms with Gasteiger partial charge in [-0.1, -0.05) is 29.8 Å². The smallest absolute Gasteiger partial charge is 0.320 e. The molecule has 1 aromatic carbocycles. The molecule has 0 unspecified atom stereocenters. The minimum atomic E-state index is -0.772. The summed E-state index contributed by atoms with van der Waals surface area (Å²) in [7, 11) is 0. The number of carboxylic acids is 1. The Morgan fingerprint density at radius 3 is 2.59 bits per heavy atom. The van der Waals surface area contributed by atoms with E-state index in [1.165, 1.54) is 5.56 Å². The molecule has 1 rings (SSSR count). The van der Waals surface area contributed by atoms with E-state index in [4.69, 9.17) is 5.11 Å². The van der Waals surface area contributed by atoms with Crippen molar-refractivity contribution in [2.24, 2.45) is 0 Å². The van der Waals surface area contributed by atoms with Gasteiger partial charge in [-0.25, -0.2) is 0 Å². The summed E-state index contributed by atoms with van der Waals surface area (Å²) in [5.74, 6) is 0.0869. The lowest BCUT2D eigenvalue weighted by Gasteiger charge is -2.13. The summed E-state index contributed by atoms with van der Waals surface area (Å²) in [5.41, 5.74) is 2.33. The van der Waals surface area contributed by atoms with Gasteiger partial charge in [-0.2, -0.15) is 11.8 Å². The predicted molar refractivity (Wildman–Crippen MR) is 72.4 cm³/mol. The van der Waals surface area contributed by atoms with Crippen molar-refractivity contribution in [3.8, 4) is 0 Å². The van der Waals surface area contributed by atoms with Crippen LogP contribution in [0.4, 0.5) is 0 Å². The predicted octanol–water partition coefficient (Wildman–Crippen LogP) is 2.29. The Bertz CT molecular complexity index is 351. The van der Waals surface area contributed by atoms with Crippen molar-refractivity contribution in [2.45, 2.75) is 25.9 Å². The molecule has 2 N–H and O–H groups in total. The highest BCUT2D eigenvalue weighted by molar-refractivity contribution is 7.98. The zero-order valence-electron chi connectivity index (χ0n) is 10.3. The molecule has 1 aromatic rings. The number of carbonyl (C=O) groups is 1. The van der Waals surface area contributed by atoms with Gasteiger partial charge in [0.1, 0.15) is 6.04 Å². The van der Waals surface area contributed by atoms with Crippen LogP contribution in [0.1, 0.15) is 17.5 Å². The zero-order valence-corrected chi connectivity index (χ0v) is 11.1. The van der Waals surface area contributed by atoms with E-state index in [0.717, 1.165) is 11.3 Å². The molecule has 4 heteroatoms. The number of hydrogen-bond donors (Lipinski definition) is 2. The van der Waals surface area contributed by atoms with Gasteiger partial charge < -0.3 is 10.4 Å². The van der Waals surface area contributed by atoms with Gasteiger partial charge in [0, 0.05) is 6.54 Å². The summed E-state index contributed by atoms with van der Waals surface area (Å²) < 4.78 is 0. The van der Waals surface area contributed by atoms with Crippen molar-refractivity contribution in [3.05, 3.63) is 35.4 Å². The first-order chi connectivity index (χ1) is 8.13. The van der Waals surface area contributed by atoms with Crippen LogP contribution in [0.25, 0.3) is 0 Å². The first kappa shape index (κ1) is 14.1. The van der Waals surface area contributed by atoms with Crippen LogP contribution in [0.3, 0.4) is 0 Å². The fourth-order valence-electron chi connectivity index (χ4n) is 1.50. The molecule has 0 spiro atoms. The number of benzene rings is 1. The first-order valence-corrected chi connectivity index (χ1v) is 7.03. The third kappa shape index (κ3) is 5.24. The Labute approximate surface area is 107 Å². The SMILES string of the molecule is CSCC[C@H](NCc1ccc(C)cc1)C(=O)O. The molecule has 0 aliphatic heterocycles. The monoisotopic (exact) mass is 253 g/mol. The molecule has 0 heterocycles. The molecule has 0 aromatic heterocycles. The molecular formula is C13H19NO2S. The number of aryl methyl sites for hydroxylation is 1. The average molecular weight is 253 g/mol. The molecule has 0 saturated heterocycles. The molecule has 0 fully saturated rings. The number of nitrogens with one attached hydrogen (secondary N) is 1. The van der Waals surface area contributed by atoms with Gasteiger partial charge in [0.2, 0.25) is 0 Å². The van der Waals surface area contributed by atoms with Gasteiger partial charge in [-0.05, 0) is 30.9 Å². The second-order valence-electron chi connectivity index (χ2n) is 4.04. The molecule has 17 heavy (non-hydrogen) atoms. The van der Waals surface area contributed by atoms with E-state index in [0.29, 0.717) is 13.0 Å². The summed E-state index contributed by atoms with van der Waals surface area (Å²) in [6.45, 7) is 2.64. The minimum absolute atomic E-state index is 0.455. The van der Waals surface area contributed by atoms with Crippen molar-refractivity contribution in [1.29, 1.82) is 0 Å². The van der Waals surface area contributed by atoms with E-state index in [2.05, 4.69) is 5.32 Å². The Morgan fingerprint density at radius 1 is 1.41 bits per heavy atom. The van der Waals surface area contributed by atoms with Crippen molar-refractivity contribution >= 4 is 17.7 Å². The summed E-state index contributed by atoms with van der Waals surface area (Å²) in [4.78, 5) is 11.0. The summed E-state index contributed by atoms with van der Waals surface area (Å²) in [6, 6.07) is 7.67. The highest BCUT2D eigenvalue weighted by Gasteiger charge is 2.15. The maximum atomic E-state index is 11.0. The lowest BCUT2D eigenvalue weighted by Crippen LogP contribution is -2.36. The molecule has 94 valence electrons. The van der Waals surface area contributed by atoms with E-state index in [-0.39, 0.29) is 0 Å². The third-order valence-corrected chi connectivity index (χ3v) is 3.23. The fraction of sp³-hybridized carbons (Fsp3) is 0.462. The average Bonchev–Trinajstić information content (AvgIpc) is 2.31. The Hall–Kier alpha value is -1.00. The van der Waals surface area contributed by atoms with Gasteiger partial charge in [0.25, 0.3) is 0 Å². The summed E-state index contributed by atoms with van der Waals surface area (Å²) in [5, 5.41) is 12.1. The molecule has 0 bridgehead atoms. The fourth-order valence-corrected chi connectivity index (χ4v) is 1.97. The molecule has 0 saturated carbocycles. The van der Waals surface area contributed by atoms with Crippen LogP contribution >= 0.6 is 11.8 Å². The summed E-state index contributed by atoms with van der Waals surface area (Å²) >= 11 is 1.67. The van der Waals surface area contributed by atoms with Crippen LogP contribution in [-0.4, -0.2) is 29.1 Å². The van der Waals surface area contributed by atoms with E-state index in [1.54, 1.807) is 11.8 Å². The van der Waals surface area contributed by atoms with Gasteiger partial charge in [0.05, 0.1) is 0 Å². The van der Waals surface area contributed by atoms with E-state index in [9.17, 15) is 4.79 Å². The molecule has 0 amide bonds. The second kappa shape index (κ2) is 7.35. The van der Waals surface area contributed by atoms with E-state index in [1.807, 2.05) is 37.4 Å². The number of rotatable bonds is 7. The maximum absolute atomic E-state index is 11.0. The van der Waals surface area contributed by atoms with E-state index < -0.39 is 12.0 Å². The Kier molecular flexibility index (Phi) is 6.08. The van der Waals surface area contributed by atoms with Gasteiger partial charge >= 0.3 is 5.97 Å². The Morgan fingerprint density at radius 2 is 2.06 bits per heavy atom. The van der Waals surface area contributed by atoms with Crippen molar-refractivity contribution in [3.63, 3.8) is 0 Å². The van der Waals surface area contributed by atoms with Crippen LogP contribution in [0.15, 0.2) is 24.3 Å². The molecule has 3 nitrogen and oxygen atoms in total. The lowest BCUT2D eigenvalue weighted by molar-refractivity contribution is -0.139. The number of aliphatic carboxylic acids is 1. The van der Waals surface area contributed by atoms with Crippen LogP contribution < -0.4 is 5.32 Å². The molecule has 0 radical (unpaired) electrons.